The molecule has 132 valence electrons. The number of carbonyl (C=O) groups excluding carboxylic acids is 2. The van der Waals surface area contributed by atoms with Crippen LogP contribution in [0.25, 0.3) is 0 Å². The van der Waals surface area contributed by atoms with Crippen molar-refractivity contribution >= 4 is 23.4 Å². The zero-order chi connectivity index (χ0) is 17.9. The third kappa shape index (κ3) is 4.41. The molecule has 0 aromatic heterocycles. The van der Waals surface area contributed by atoms with Crippen molar-refractivity contribution in [3.8, 4) is 5.75 Å². The lowest BCUT2D eigenvalue weighted by molar-refractivity contribution is -0.129. The van der Waals surface area contributed by atoms with Gasteiger partial charge >= 0.3 is 0 Å². The van der Waals surface area contributed by atoms with Crippen molar-refractivity contribution in [1.29, 1.82) is 0 Å². The molecule has 1 N–H and O–H groups in total. The fourth-order valence-corrected chi connectivity index (χ4v) is 2.82. The molecule has 1 aliphatic rings. The Hall–Kier alpha value is -1.75. The zero-order valence-corrected chi connectivity index (χ0v) is 15.4. The summed E-state index contributed by atoms with van der Waals surface area (Å²) < 4.78 is 5.26. The van der Waals surface area contributed by atoms with Crippen LogP contribution in [0.3, 0.4) is 0 Å². The monoisotopic (exact) mass is 352 g/mol. The largest absolute Gasteiger partial charge is 0.496 e. The van der Waals surface area contributed by atoms with Crippen molar-refractivity contribution < 1.29 is 14.3 Å². The van der Waals surface area contributed by atoms with Crippen molar-refractivity contribution in [3.05, 3.63) is 28.8 Å². The van der Waals surface area contributed by atoms with Gasteiger partial charge in [0.25, 0.3) is 5.91 Å². The molecule has 0 unspecified atom stereocenters. The standard InChI is InChI=1S/C18H25ClN2O3/c1-18(2,3)17(23)20-13-7-9-21(10-8-13)16(22)14-11-12(19)5-6-15(14)24-4/h5-6,11,13H,7-10H2,1-4H3,(H,20,23). The van der Waals surface area contributed by atoms with Crippen molar-refractivity contribution in [2.75, 3.05) is 20.2 Å². The van der Waals surface area contributed by atoms with Gasteiger partial charge in [-0.25, -0.2) is 0 Å². The summed E-state index contributed by atoms with van der Waals surface area (Å²) in [7, 11) is 1.54. The molecule has 0 atom stereocenters. The van der Waals surface area contributed by atoms with Gasteiger partial charge < -0.3 is 15.0 Å². The summed E-state index contributed by atoms with van der Waals surface area (Å²) in [6.45, 7) is 6.89. The van der Waals surface area contributed by atoms with Crippen LogP contribution in [0.2, 0.25) is 5.02 Å². The van der Waals surface area contributed by atoms with Gasteiger partial charge in [-0.15, -0.1) is 0 Å². The summed E-state index contributed by atoms with van der Waals surface area (Å²) in [5.41, 5.74) is 0.0726. The summed E-state index contributed by atoms with van der Waals surface area (Å²) in [5.74, 6) is 0.478. The molecular formula is C18H25ClN2O3. The fourth-order valence-electron chi connectivity index (χ4n) is 2.65. The molecule has 1 aliphatic heterocycles. The molecule has 0 aliphatic carbocycles. The molecule has 1 aromatic carbocycles. The number of halogens is 1. The number of piperidine rings is 1. The highest BCUT2D eigenvalue weighted by atomic mass is 35.5. The van der Waals surface area contributed by atoms with Gasteiger partial charge in [0, 0.05) is 29.6 Å². The summed E-state index contributed by atoms with van der Waals surface area (Å²) in [4.78, 5) is 26.6. The number of rotatable bonds is 3. The van der Waals surface area contributed by atoms with Crippen molar-refractivity contribution in [3.63, 3.8) is 0 Å². The lowest BCUT2D eigenvalue weighted by Gasteiger charge is -2.34. The highest BCUT2D eigenvalue weighted by Crippen LogP contribution is 2.25. The van der Waals surface area contributed by atoms with E-state index < -0.39 is 5.41 Å². The minimum Gasteiger partial charge on any atom is -0.496 e. The van der Waals surface area contributed by atoms with Crippen molar-refractivity contribution in [2.45, 2.75) is 39.7 Å². The van der Waals surface area contributed by atoms with E-state index in [0.29, 0.717) is 29.4 Å². The molecule has 24 heavy (non-hydrogen) atoms. The van der Waals surface area contributed by atoms with E-state index in [9.17, 15) is 9.59 Å². The molecule has 0 saturated carbocycles. The molecular weight excluding hydrogens is 328 g/mol. The molecule has 1 saturated heterocycles. The quantitative estimate of drug-likeness (QED) is 0.909. The van der Waals surface area contributed by atoms with Gasteiger partial charge in [0.2, 0.25) is 5.91 Å². The predicted molar refractivity (Wildman–Crippen MR) is 94.5 cm³/mol. The van der Waals surface area contributed by atoms with Crippen molar-refractivity contribution in [2.24, 2.45) is 5.41 Å². The second-order valence-electron chi connectivity index (χ2n) is 7.13. The van der Waals surface area contributed by atoms with Crippen LogP contribution in [0.1, 0.15) is 44.0 Å². The normalized spacial score (nSPS) is 16.0. The lowest BCUT2D eigenvalue weighted by atomic mass is 9.94. The Morgan fingerprint density at radius 1 is 1.25 bits per heavy atom. The van der Waals surface area contributed by atoms with E-state index in [2.05, 4.69) is 5.32 Å². The van der Waals surface area contributed by atoms with Gasteiger partial charge in [-0.2, -0.15) is 0 Å². The van der Waals surface area contributed by atoms with E-state index in [1.165, 1.54) is 7.11 Å². The third-order valence-electron chi connectivity index (χ3n) is 4.19. The Kier molecular flexibility index (Phi) is 5.75. The Balaban J connectivity index is 1.98. The number of likely N-dealkylation sites (tertiary alicyclic amines) is 1. The Bertz CT molecular complexity index is 617. The molecule has 2 rings (SSSR count). The van der Waals surface area contributed by atoms with Crippen LogP contribution >= 0.6 is 11.6 Å². The maximum absolute atomic E-state index is 12.7. The first-order valence-corrected chi connectivity index (χ1v) is 8.54. The van der Waals surface area contributed by atoms with Gasteiger partial charge in [-0.05, 0) is 31.0 Å². The van der Waals surface area contributed by atoms with Crippen LogP contribution in [0, 0.1) is 5.41 Å². The number of amides is 2. The first-order chi connectivity index (χ1) is 11.2. The minimum absolute atomic E-state index is 0.0452. The summed E-state index contributed by atoms with van der Waals surface area (Å²) in [6, 6.07) is 5.15. The van der Waals surface area contributed by atoms with Crippen molar-refractivity contribution in [1.82, 2.24) is 10.2 Å². The van der Waals surface area contributed by atoms with Gasteiger partial charge in [0.05, 0.1) is 12.7 Å². The van der Waals surface area contributed by atoms with Gasteiger partial charge in [0.1, 0.15) is 5.75 Å². The van der Waals surface area contributed by atoms with Crippen LogP contribution in [-0.4, -0.2) is 43.0 Å². The average Bonchev–Trinajstić information content (AvgIpc) is 2.54. The Morgan fingerprint density at radius 3 is 2.42 bits per heavy atom. The number of carbonyl (C=O) groups is 2. The Morgan fingerprint density at radius 2 is 1.88 bits per heavy atom. The average molecular weight is 353 g/mol. The number of ether oxygens (including phenoxy) is 1. The van der Waals surface area contributed by atoms with E-state index in [-0.39, 0.29) is 17.9 Å². The van der Waals surface area contributed by atoms with Crippen LogP contribution in [0.15, 0.2) is 18.2 Å². The fraction of sp³-hybridized carbons (Fsp3) is 0.556. The maximum atomic E-state index is 12.7. The third-order valence-corrected chi connectivity index (χ3v) is 4.43. The second kappa shape index (κ2) is 7.43. The van der Waals surface area contributed by atoms with Crippen LogP contribution in [0.4, 0.5) is 0 Å². The molecule has 1 aromatic rings. The van der Waals surface area contributed by atoms with Gasteiger partial charge in [-0.1, -0.05) is 32.4 Å². The molecule has 2 amide bonds. The highest BCUT2D eigenvalue weighted by Gasteiger charge is 2.29. The van der Waals surface area contributed by atoms with Crippen LogP contribution < -0.4 is 10.1 Å². The Labute approximate surface area is 148 Å². The number of benzene rings is 1. The smallest absolute Gasteiger partial charge is 0.257 e. The van der Waals surface area contributed by atoms with Gasteiger partial charge in [-0.3, -0.25) is 9.59 Å². The zero-order valence-electron chi connectivity index (χ0n) is 14.7. The number of nitrogens with zero attached hydrogens (tertiary/aromatic N) is 1. The lowest BCUT2D eigenvalue weighted by Crippen LogP contribution is -2.49. The maximum Gasteiger partial charge on any atom is 0.257 e. The van der Waals surface area contributed by atoms with E-state index in [1.807, 2.05) is 20.8 Å². The molecule has 0 bridgehead atoms. The molecule has 0 spiro atoms. The summed E-state index contributed by atoms with van der Waals surface area (Å²) >= 11 is 6.01. The number of hydrogen-bond donors (Lipinski definition) is 1. The molecule has 5 nitrogen and oxygen atoms in total. The topological polar surface area (TPSA) is 58.6 Å². The highest BCUT2D eigenvalue weighted by molar-refractivity contribution is 6.31. The molecule has 1 fully saturated rings. The van der Waals surface area contributed by atoms with E-state index in [4.69, 9.17) is 16.3 Å². The molecule has 0 radical (unpaired) electrons. The van der Waals surface area contributed by atoms with E-state index in [0.717, 1.165) is 12.8 Å². The minimum atomic E-state index is -0.402. The number of methoxy groups -OCH3 is 1. The summed E-state index contributed by atoms with van der Waals surface area (Å²) in [5, 5.41) is 3.57. The molecule has 1 heterocycles. The summed E-state index contributed by atoms with van der Waals surface area (Å²) in [6.07, 6.45) is 1.49. The number of nitrogens with one attached hydrogen (secondary N) is 1. The number of hydrogen-bond acceptors (Lipinski definition) is 3. The van der Waals surface area contributed by atoms with Gasteiger partial charge in [0.15, 0.2) is 0 Å². The van der Waals surface area contributed by atoms with E-state index in [1.54, 1.807) is 23.1 Å². The molecule has 6 heteroatoms. The first-order valence-electron chi connectivity index (χ1n) is 8.16. The second-order valence-corrected chi connectivity index (χ2v) is 7.57. The predicted octanol–water partition coefficient (Wildman–Crippen LogP) is 3.12. The van der Waals surface area contributed by atoms with Crippen LogP contribution in [0.5, 0.6) is 5.75 Å². The SMILES string of the molecule is COc1ccc(Cl)cc1C(=O)N1CCC(NC(=O)C(C)(C)C)CC1. The first kappa shape index (κ1) is 18.6. The van der Waals surface area contributed by atoms with E-state index >= 15 is 0 Å². The van der Waals surface area contributed by atoms with Crippen LogP contribution in [-0.2, 0) is 4.79 Å².